The second kappa shape index (κ2) is 22.3. The summed E-state index contributed by atoms with van der Waals surface area (Å²) < 4.78 is 24.9. The topological polar surface area (TPSA) is 169 Å². The molecule has 294 valence electrons. The molecule has 4 rings (SSSR count). The van der Waals surface area contributed by atoms with Crippen LogP contribution in [0.15, 0.2) is 0 Å². The summed E-state index contributed by atoms with van der Waals surface area (Å²) in [6.45, 7) is 2.89. The maximum atomic E-state index is 14.0. The van der Waals surface area contributed by atoms with E-state index in [0.29, 0.717) is 17.8 Å². The molecule has 0 spiro atoms. The van der Waals surface area contributed by atoms with Gasteiger partial charge in [-0.2, -0.15) is 0 Å². The number of carbonyl (C=O) groups is 1. The summed E-state index contributed by atoms with van der Waals surface area (Å²) in [6.07, 6.45) is 16.1. The maximum Gasteiger partial charge on any atom is 0.220 e. The highest BCUT2D eigenvalue weighted by Gasteiger charge is 2.73. The molecule has 1 amide bonds. The molecule has 10 nitrogen and oxygen atoms in total. The smallest absolute Gasteiger partial charge is 0.220 e. The highest BCUT2D eigenvalue weighted by molar-refractivity contribution is 5.76. The van der Waals surface area contributed by atoms with Gasteiger partial charge in [0.05, 0.1) is 25.4 Å². The van der Waals surface area contributed by atoms with Crippen molar-refractivity contribution in [2.24, 2.45) is 11.3 Å². The fraction of sp³-hybridized carbons (Fsp3) is 0.974. The molecule has 0 radical (unpaired) electrons. The zero-order valence-corrected chi connectivity index (χ0v) is 31.2. The number of amides is 1. The third-order valence-electron chi connectivity index (χ3n) is 12.2. The largest absolute Gasteiger partial charge is 0.394 e. The van der Waals surface area contributed by atoms with Crippen LogP contribution in [0.5, 0.6) is 0 Å². The molecule has 0 aromatic carbocycles. The molecule has 1 saturated heterocycles. The van der Waals surface area contributed by atoms with E-state index in [4.69, 9.17) is 9.47 Å². The number of unbranched alkanes of at least 4 members (excludes halogenated alkanes) is 17. The normalized spacial score (nSPS) is 32.2. The van der Waals surface area contributed by atoms with Gasteiger partial charge in [0.25, 0.3) is 0 Å². The summed E-state index contributed by atoms with van der Waals surface area (Å²) in [5.74, 6) is 0.0378. The van der Waals surface area contributed by atoms with Gasteiger partial charge in [0.1, 0.15) is 36.2 Å². The number of aliphatic hydroxyl groups is 6. The van der Waals surface area contributed by atoms with Crippen molar-refractivity contribution >= 4 is 5.91 Å². The molecule has 3 aliphatic carbocycles. The van der Waals surface area contributed by atoms with Crippen molar-refractivity contribution in [3.05, 3.63) is 0 Å². The standard InChI is InChI=1S/C39H72FNO9/c1-3-30(43)33(45)29(25-49-37-36(48)35(47)34(46)31(24-42)50-37)41-32(44)22-20-18-16-14-12-10-8-6-4-5-7-9-11-13-15-17-19-21-23-38-26-39(40,27-38)28(38)2/h28-31,33-37,42-43,45-48H,3-27H2,1-2H3,(H,41,44)/t28-,29+,30-,31?,33+,34?,35?,36?,37?,38?,39?/m1/s1. The number of hydrogen-bond donors (Lipinski definition) is 7. The summed E-state index contributed by atoms with van der Waals surface area (Å²) in [5.41, 5.74) is -0.385. The van der Waals surface area contributed by atoms with Crippen molar-refractivity contribution in [2.75, 3.05) is 13.2 Å². The van der Waals surface area contributed by atoms with E-state index in [1.54, 1.807) is 6.92 Å². The van der Waals surface area contributed by atoms with E-state index in [9.17, 15) is 39.8 Å². The van der Waals surface area contributed by atoms with Crippen molar-refractivity contribution in [1.82, 2.24) is 5.32 Å². The number of halogens is 1. The minimum atomic E-state index is -1.60. The van der Waals surface area contributed by atoms with E-state index in [2.05, 4.69) is 12.2 Å². The predicted octanol–water partition coefficient (Wildman–Crippen LogP) is 5.36. The Bertz CT molecular complexity index is 935. The Labute approximate surface area is 300 Å². The summed E-state index contributed by atoms with van der Waals surface area (Å²) in [6, 6.07) is -0.991. The van der Waals surface area contributed by atoms with Crippen LogP contribution >= 0.6 is 0 Å². The van der Waals surface area contributed by atoms with E-state index in [0.717, 1.165) is 32.1 Å². The Hall–Kier alpha value is -0.920. The van der Waals surface area contributed by atoms with Crippen molar-refractivity contribution in [1.29, 1.82) is 0 Å². The zero-order chi connectivity index (χ0) is 36.6. The van der Waals surface area contributed by atoms with Crippen molar-refractivity contribution in [2.45, 2.75) is 216 Å². The Kier molecular flexibility index (Phi) is 19.4. The Morgan fingerprint density at radius 2 is 1.28 bits per heavy atom. The average Bonchev–Trinajstić information content (AvgIpc) is 3.10. The lowest BCUT2D eigenvalue weighted by Gasteiger charge is -2.72. The second-order valence-corrected chi connectivity index (χ2v) is 16.0. The first kappa shape index (κ1) is 43.5. The number of alkyl halides is 1. The van der Waals surface area contributed by atoms with E-state index < -0.39 is 61.2 Å². The van der Waals surface area contributed by atoms with Crippen LogP contribution in [0.3, 0.4) is 0 Å². The van der Waals surface area contributed by atoms with Gasteiger partial charge in [-0.25, -0.2) is 4.39 Å². The van der Waals surface area contributed by atoms with Gasteiger partial charge >= 0.3 is 0 Å². The quantitative estimate of drug-likeness (QED) is 0.0504. The van der Waals surface area contributed by atoms with Gasteiger partial charge in [-0.3, -0.25) is 4.79 Å². The van der Waals surface area contributed by atoms with Crippen LogP contribution in [0.1, 0.15) is 162 Å². The Balaban J connectivity index is 1.11. The Morgan fingerprint density at radius 3 is 1.72 bits per heavy atom. The van der Waals surface area contributed by atoms with Gasteiger partial charge in [-0.1, -0.05) is 123 Å². The van der Waals surface area contributed by atoms with Crippen LogP contribution in [0.2, 0.25) is 0 Å². The minimum Gasteiger partial charge on any atom is -0.394 e. The molecule has 5 unspecified atom stereocenters. The van der Waals surface area contributed by atoms with Gasteiger partial charge < -0.3 is 45.4 Å². The molecular formula is C39H72FNO9. The summed E-state index contributed by atoms with van der Waals surface area (Å²) in [4.78, 5) is 12.7. The molecule has 0 aromatic rings. The van der Waals surface area contributed by atoms with Gasteiger partial charge in [0, 0.05) is 6.42 Å². The lowest BCUT2D eigenvalue weighted by molar-refractivity contribution is -0.303. The number of rotatable bonds is 29. The van der Waals surface area contributed by atoms with Crippen LogP contribution in [-0.4, -0.2) is 104 Å². The molecule has 7 N–H and O–H groups in total. The molecule has 0 aromatic heterocycles. The Morgan fingerprint density at radius 1 is 0.800 bits per heavy atom. The molecule has 3 saturated carbocycles. The van der Waals surface area contributed by atoms with E-state index >= 15 is 0 Å². The molecule has 4 fully saturated rings. The third kappa shape index (κ3) is 12.9. The number of nitrogens with one attached hydrogen (secondary N) is 1. The fourth-order valence-corrected chi connectivity index (χ4v) is 8.42. The first-order chi connectivity index (χ1) is 24.0. The highest BCUT2D eigenvalue weighted by atomic mass is 19.1. The highest BCUT2D eigenvalue weighted by Crippen LogP contribution is 2.75. The summed E-state index contributed by atoms with van der Waals surface area (Å²) in [5, 5.41) is 63.1. The molecule has 4 aliphatic rings. The number of hydrogen-bond acceptors (Lipinski definition) is 9. The first-order valence-electron chi connectivity index (χ1n) is 20.2. The third-order valence-corrected chi connectivity index (χ3v) is 12.2. The minimum absolute atomic E-state index is 0.251. The molecule has 1 heterocycles. The second-order valence-electron chi connectivity index (χ2n) is 16.0. The molecule has 11 heteroatoms. The molecular weight excluding hydrogens is 645 g/mol. The molecule has 2 bridgehead atoms. The fourth-order valence-electron chi connectivity index (χ4n) is 8.42. The van der Waals surface area contributed by atoms with Crippen molar-refractivity contribution < 1.29 is 49.3 Å². The summed E-state index contributed by atoms with van der Waals surface area (Å²) >= 11 is 0. The van der Waals surface area contributed by atoms with Gasteiger partial charge in [0.15, 0.2) is 6.29 Å². The SMILES string of the molecule is CC[C@@H](O)[C@@H](O)[C@H](COC1OC(CO)C(O)C(O)C1O)NC(=O)CCCCCCCCCCCCCCCCCCCCC12CC(F)(C1)[C@@H]2C. The first-order valence-corrected chi connectivity index (χ1v) is 20.2. The number of carbonyl (C=O) groups excluding carboxylic acids is 1. The van der Waals surface area contributed by atoms with E-state index in [-0.39, 0.29) is 25.4 Å². The van der Waals surface area contributed by atoms with Gasteiger partial charge in [-0.15, -0.1) is 0 Å². The zero-order valence-electron chi connectivity index (χ0n) is 31.2. The number of ether oxygens (including phenoxy) is 2. The van der Waals surface area contributed by atoms with E-state index in [1.807, 2.05) is 0 Å². The average molecular weight is 718 g/mol. The van der Waals surface area contributed by atoms with Gasteiger partial charge in [-0.05, 0) is 43.4 Å². The van der Waals surface area contributed by atoms with Crippen molar-refractivity contribution in [3.63, 3.8) is 0 Å². The molecule has 9 atom stereocenters. The van der Waals surface area contributed by atoms with Crippen LogP contribution in [0, 0.1) is 11.3 Å². The van der Waals surface area contributed by atoms with Gasteiger partial charge in [0.2, 0.25) is 5.91 Å². The van der Waals surface area contributed by atoms with Crippen LogP contribution in [0.25, 0.3) is 0 Å². The van der Waals surface area contributed by atoms with E-state index in [1.165, 1.54) is 96.3 Å². The number of aliphatic hydroxyl groups excluding tert-OH is 6. The van der Waals surface area contributed by atoms with Crippen LogP contribution < -0.4 is 5.32 Å². The maximum absolute atomic E-state index is 14.0. The molecule has 1 aliphatic heterocycles. The lowest BCUT2D eigenvalue weighted by Crippen LogP contribution is -2.71. The molecule has 50 heavy (non-hydrogen) atoms. The lowest BCUT2D eigenvalue weighted by atomic mass is 9.35. The summed E-state index contributed by atoms with van der Waals surface area (Å²) in [7, 11) is 0. The predicted molar refractivity (Wildman–Crippen MR) is 191 cm³/mol. The van der Waals surface area contributed by atoms with Crippen LogP contribution in [-0.2, 0) is 14.3 Å². The monoisotopic (exact) mass is 718 g/mol. The van der Waals surface area contributed by atoms with Crippen molar-refractivity contribution in [3.8, 4) is 0 Å². The van der Waals surface area contributed by atoms with Crippen LogP contribution in [0.4, 0.5) is 4.39 Å².